The monoisotopic (exact) mass is 399 g/mol. The van der Waals surface area contributed by atoms with Crippen molar-refractivity contribution in [3.8, 4) is 0 Å². The highest BCUT2D eigenvalue weighted by Crippen LogP contribution is 2.08. The van der Waals surface area contributed by atoms with Gasteiger partial charge in [-0.05, 0) is 36.2 Å². The molecule has 0 spiro atoms. The number of para-hydroxylation sites is 1. The zero-order valence-electron chi connectivity index (χ0n) is 16.1. The van der Waals surface area contributed by atoms with E-state index in [0.717, 1.165) is 10.1 Å². The van der Waals surface area contributed by atoms with E-state index in [4.69, 9.17) is 4.74 Å². The molecule has 152 valence electrons. The van der Waals surface area contributed by atoms with Gasteiger partial charge >= 0.3 is 5.69 Å². The zero-order valence-corrected chi connectivity index (χ0v) is 16.1. The lowest BCUT2D eigenvalue weighted by Crippen LogP contribution is -2.42. The Morgan fingerprint density at radius 2 is 1.79 bits per heavy atom. The summed E-state index contributed by atoms with van der Waals surface area (Å²) >= 11 is 0. The standard InChI is InChI=1S/C21H22FN3O4/c1-29-12-4-11-24-20(27)17-5-2-3-6-18(17)25(21(24)28)14-19(26)23-13-15-7-9-16(22)10-8-15/h2-3,5-10H,4,11-14H2,1H3,(H,23,26). The molecule has 3 rings (SSSR count). The number of fused-ring (bicyclic) bond motifs is 1. The van der Waals surface area contributed by atoms with Crippen LogP contribution in [0, 0.1) is 5.82 Å². The lowest BCUT2D eigenvalue weighted by molar-refractivity contribution is -0.121. The Labute approximate surface area is 166 Å². The molecule has 0 radical (unpaired) electrons. The minimum absolute atomic E-state index is 0.202. The van der Waals surface area contributed by atoms with E-state index in [-0.39, 0.29) is 36.9 Å². The van der Waals surface area contributed by atoms with Gasteiger partial charge in [0.2, 0.25) is 5.91 Å². The molecular formula is C21H22FN3O4. The SMILES string of the molecule is COCCCn1c(=O)c2ccccc2n(CC(=O)NCc2ccc(F)cc2)c1=O. The van der Waals surface area contributed by atoms with Gasteiger partial charge in [-0.15, -0.1) is 0 Å². The Bertz CT molecular complexity index is 1120. The molecule has 1 N–H and O–H groups in total. The number of nitrogens with one attached hydrogen (secondary N) is 1. The van der Waals surface area contributed by atoms with Crippen molar-refractivity contribution < 1.29 is 13.9 Å². The number of benzene rings is 2. The lowest BCUT2D eigenvalue weighted by atomic mass is 10.2. The average molecular weight is 399 g/mol. The topological polar surface area (TPSA) is 82.3 Å². The van der Waals surface area contributed by atoms with Crippen LogP contribution < -0.4 is 16.6 Å². The lowest BCUT2D eigenvalue weighted by Gasteiger charge is -2.14. The van der Waals surface area contributed by atoms with E-state index in [9.17, 15) is 18.8 Å². The van der Waals surface area contributed by atoms with Crippen LogP contribution in [0.4, 0.5) is 4.39 Å². The first kappa shape index (κ1) is 20.5. The third-order valence-electron chi connectivity index (χ3n) is 4.57. The first-order valence-electron chi connectivity index (χ1n) is 9.23. The van der Waals surface area contributed by atoms with E-state index < -0.39 is 5.69 Å². The zero-order chi connectivity index (χ0) is 20.8. The minimum atomic E-state index is -0.540. The van der Waals surface area contributed by atoms with Gasteiger partial charge in [-0.1, -0.05) is 24.3 Å². The molecule has 0 aliphatic rings. The van der Waals surface area contributed by atoms with Crippen molar-refractivity contribution in [2.75, 3.05) is 13.7 Å². The van der Waals surface area contributed by atoms with E-state index >= 15 is 0 Å². The third kappa shape index (κ3) is 4.78. The Morgan fingerprint density at radius 1 is 1.07 bits per heavy atom. The van der Waals surface area contributed by atoms with Gasteiger partial charge in [-0.3, -0.25) is 18.7 Å². The molecule has 2 aromatic carbocycles. The van der Waals surface area contributed by atoms with Crippen LogP contribution in [0.1, 0.15) is 12.0 Å². The quantitative estimate of drug-likeness (QED) is 0.584. The van der Waals surface area contributed by atoms with Gasteiger partial charge in [-0.2, -0.15) is 0 Å². The normalized spacial score (nSPS) is 11.0. The van der Waals surface area contributed by atoms with Crippen molar-refractivity contribution >= 4 is 16.8 Å². The van der Waals surface area contributed by atoms with E-state index in [2.05, 4.69) is 5.32 Å². The highest BCUT2D eigenvalue weighted by Gasteiger charge is 2.15. The number of amides is 1. The van der Waals surface area contributed by atoms with Crippen molar-refractivity contribution in [1.82, 2.24) is 14.5 Å². The molecule has 1 aromatic heterocycles. The fourth-order valence-corrected chi connectivity index (χ4v) is 3.09. The van der Waals surface area contributed by atoms with E-state index in [1.165, 1.54) is 16.7 Å². The average Bonchev–Trinajstić information content (AvgIpc) is 2.73. The maximum absolute atomic E-state index is 13.0. The van der Waals surface area contributed by atoms with Crippen LogP contribution in [0.25, 0.3) is 10.9 Å². The molecule has 0 saturated heterocycles. The number of hydrogen-bond donors (Lipinski definition) is 1. The maximum Gasteiger partial charge on any atom is 0.331 e. The summed E-state index contributed by atoms with van der Waals surface area (Å²) in [6.45, 7) is 0.592. The number of hydrogen-bond acceptors (Lipinski definition) is 4. The van der Waals surface area contributed by atoms with Crippen molar-refractivity contribution in [2.24, 2.45) is 0 Å². The van der Waals surface area contributed by atoms with Crippen LogP contribution in [0.2, 0.25) is 0 Å². The Morgan fingerprint density at radius 3 is 2.52 bits per heavy atom. The Balaban J connectivity index is 1.87. The molecule has 7 nitrogen and oxygen atoms in total. The fourth-order valence-electron chi connectivity index (χ4n) is 3.09. The second-order valence-electron chi connectivity index (χ2n) is 6.59. The number of nitrogens with zero attached hydrogens (tertiary/aromatic N) is 2. The first-order valence-corrected chi connectivity index (χ1v) is 9.23. The number of ether oxygens (including phenoxy) is 1. The summed E-state index contributed by atoms with van der Waals surface area (Å²) in [4.78, 5) is 38.1. The van der Waals surface area contributed by atoms with Crippen LogP contribution in [0.5, 0.6) is 0 Å². The van der Waals surface area contributed by atoms with Crippen LogP contribution in [0.3, 0.4) is 0 Å². The molecule has 0 fully saturated rings. The molecule has 1 amide bonds. The molecule has 3 aromatic rings. The van der Waals surface area contributed by atoms with Crippen molar-refractivity contribution in [2.45, 2.75) is 26.1 Å². The molecule has 1 heterocycles. The van der Waals surface area contributed by atoms with Gasteiger partial charge in [-0.25, -0.2) is 9.18 Å². The maximum atomic E-state index is 13.0. The van der Waals surface area contributed by atoms with Crippen molar-refractivity contribution in [3.05, 3.63) is 80.7 Å². The summed E-state index contributed by atoms with van der Waals surface area (Å²) in [5.41, 5.74) is 0.218. The van der Waals surface area contributed by atoms with E-state index in [1.807, 2.05) is 0 Å². The van der Waals surface area contributed by atoms with Gasteiger partial charge in [0.1, 0.15) is 12.4 Å². The van der Waals surface area contributed by atoms with Crippen LogP contribution in [-0.4, -0.2) is 28.8 Å². The number of carbonyl (C=O) groups excluding carboxylic acids is 1. The third-order valence-corrected chi connectivity index (χ3v) is 4.57. The summed E-state index contributed by atoms with van der Waals surface area (Å²) < 4.78 is 20.4. The number of halogens is 1. The van der Waals surface area contributed by atoms with Crippen LogP contribution in [0.15, 0.2) is 58.1 Å². The van der Waals surface area contributed by atoms with Crippen molar-refractivity contribution in [1.29, 1.82) is 0 Å². The molecule has 0 aliphatic carbocycles. The number of methoxy groups -OCH3 is 1. The largest absolute Gasteiger partial charge is 0.385 e. The summed E-state index contributed by atoms with van der Waals surface area (Å²) in [7, 11) is 1.55. The summed E-state index contributed by atoms with van der Waals surface area (Å²) in [5, 5.41) is 3.09. The second kappa shape index (κ2) is 9.29. The first-order chi connectivity index (χ1) is 14.0. The van der Waals surface area contributed by atoms with Gasteiger partial charge in [0.05, 0.1) is 10.9 Å². The van der Waals surface area contributed by atoms with Gasteiger partial charge in [0.25, 0.3) is 5.56 Å². The second-order valence-corrected chi connectivity index (χ2v) is 6.59. The molecule has 8 heteroatoms. The highest BCUT2D eigenvalue weighted by atomic mass is 19.1. The molecule has 29 heavy (non-hydrogen) atoms. The molecule has 0 saturated carbocycles. The smallest absolute Gasteiger partial charge is 0.331 e. The number of rotatable bonds is 8. The fraction of sp³-hybridized carbons (Fsp3) is 0.286. The molecule has 0 atom stereocenters. The molecule has 0 unspecified atom stereocenters. The van der Waals surface area contributed by atoms with E-state index in [0.29, 0.717) is 23.9 Å². The van der Waals surface area contributed by atoms with Crippen LogP contribution in [-0.2, 0) is 29.2 Å². The van der Waals surface area contributed by atoms with Gasteiger partial charge < -0.3 is 10.1 Å². The molecule has 0 aliphatic heterocycles. The number of aromatic nitrogens is 2. The predicted molar refractivity (Wildman–Crippen MR) is 107 cm³/mol. The Kier molecular flexibility index (Phi) is 6.56. The minimum Gasteiger partial charge on any atom is -0.385 e. The van der Waals surface area contributed by atoms with Crippen LogP contribution >= 0.6 is 0 Å². The summed E-state index contributed by atoms with van der Waals surface area (Å²) in [5.74, 6) is -0.738. The Hall–Kier alpha value is -3.26. The summed E-state index contributed by atoms with van der Waals surface area (Å²) in [6, 6.07) is 12.5. The number of carbonyl (C=O) groups is 1. The molecular weight excluding hydrogens is 377 g/mol. The van der Waals surface area contributed by atoms with Crippen molar-refractivity contribution in [3.63, 3.8) is 0 Å². The van der Waals surface area contributed by atoms with Gasteiger partial charge in [0.15, 0.2) is 0 Å². The summed E-state index contributed by atoms with van der Waals surface area (Å²) in [6.07, 6.45) is 0.501. The predicted octanol–water partition coefficient (Wildman–Crippen LogP) is 1.66. The van der Waals surface area contributed by atoms with Gasteiger partial charge in [0, 0.05) is 26.8 Å². The van der Waals surface area contributed by atoms with E-state index in [1.54, 1.807) is 43.5 Å². The highest BCUT2D eigenvalue weighted by molar-refractivity contribution is 5.81. The molecule has 0 bridgehead atoms.